The molecule has 488 valence electrons. The van der Waals surface area contributed by atoms with E-state index in [1.54, 1.807) is 72.8 Å². The van der Waals surface area contributed by atoms with Gasteiger partial charge >= 0.3 is 23.9 Å². The molecule has 96 heavy (non-hydrogen) atoms. The Bertz CT molecular complexity index is 4430. The number of allylic oxidation sites excluding steroid dienone is 4. The zero-order chi connectivity index (χ0) is 70.4. The van der Waals surface area contributed by atoms with Crippen molar-refractivity contribution in [2.75, 3.05) is 14.2 Å². The van der Waals surface area contributed by atoms with E-state index in [1.807, 2.05) is 0 Å². The minimum absolute atomic E-state index is 0.0156. The summed E-state index contributed by atoms with van der Waals surface area (Å²) in [7, 11) is 2.80. The normalized spacial score (nSPS) is 11.5. The van der Waals surface area contributed by atoms with Crippen LogP contribution in [0, 0.1) is 0 Å². The fourth-order valence-corrected chi connectivity index (χ4v) is 7.89. The van der Waals surface area contributed by atoms with Gasteiger partial charge in [-0.2, -0.15) is 0 Å². The van der Waals surface area contributed by atoms with Crippen LogP contribution in [0.2, 0.25) is 0 Å². The topological polar surface area (TPSA) is 398 Å². The summed E-state index contributed by atoms with van der Waals surface area (Å²) < 4.78 is 9.85. The van der Waals surface area contributed by atoms with E-state index in [4.69, 9.17) is 9.47 Å². The fraction of sp³-hybridized carbons (Fsp3) is 0.0270. The summed E-state index contributed by atoms with van der Waals surface area (Å²) in [5, 5.41) is 113. The second kappa shape index (κ2) is 36.2. The number of hydrogen-bond donors (Lipinski definition) is 12. The number of hydrogen-bond acceptors (Lipinski definition) is 18. The molecular formula is C74H60O22. The number of phenolic OH excluding ortho intramolecular Hbond substituents is 8. The molecule has 0 atom stereocenters. The lowest BCUT2D eigenvalue weighted by Crippen LogP contribution is -2.09. The van der Waals surface area contributed by atoms with Crippen LogP contribution in [0.5, 0.6) is 57.5 Å². The maximum atomic E-state index is 12.3. The van der Waals surface area contributed by atoms with Crippen LogP contribution in [0.15, 0.2) is 229 Å². The second-order valence-corrected chi connectivity index (χ2v) is 19.6. The predicted molar refractivity (Wildman–Crippen MR) is 357 cm³/mol. The van der Waals surface area contributed by atoms with E-state index in [-0.39, 0.29) is 68.6 Å². The van der Waals surface area contributed by atoms with Crippen LogP contribution in [0.1, 0.15) is 44.5 Å². The van der Waals surface area contributed by atoms with Crippen molar-refractivity contribution < 1.29 is 109 Å². The Labute approximate surface area is 547 Å². The summed E-state index contributed by atoms with van der Waals surface area (Å²) in [5.74, 6) is -8.05. The van der Waals surface area contributed by atoms with Crippen LogP contribution >= 0.6 is 0 Å². The molecule has 0 saturated carbocycles. The molecule has 0 fully saturated rings. The number of aliphatic carboxylic acids is 4. The zero-order valence-electron chi connectivity index (χ0n) is 50.7. The molecule has 22 nitrogen and oxygen atoms in total. The first-order valence-electron chi connectivity index (χ1n) is 27.9. The van der Waals surface area contributed by atoms with Gasteiger partial charge in [0.15, 0.2) is 46.1 Å². The van der Waals surface area contributed by atoms with Crippen molar-refractivity contribution in [1.29, 1.82) is 0 Å². The summed E-state index contributed by atoms with van der Waals surface area (Å²) in [4.78, 5) is 93.7. The average molecular weight is 1300 g/mol. The van der Waals surface area contributed by atoms with Crippen molar-refractivity contribution in [3.05, 3.63) is 273 Å². The van der Waals surface area contributed by atoms with Crippen molar-refractivity contribution in [1.82, 2.24) is 0 Å². The highest BCUT2D eigenvalue weighted by Crippen LogP contribution is 2.29. The Kier molecular flexibility index (Phi) is 27.5. The van der Waals surface area contributed by atoms with E-state index in [0.717, 1.165) is 36.5 Å². The molecule has 0 aromatic heterocycles. The number of carbonyl (C=O) groups excluding carboxylic acids is 4. The molecule has 0 aliphatic carbocycles. The van der Waals surface area contributed by atoms with Gasteiger partial charge in [0.1, 0.15) is 56.8 Å². The zero-order valence-corrected chi connectivity index (χ0v) is 50.7. The van der Waals surface area contributed by atoms with E-state index >= 15 is 0 Å². The first-order valence-corrected chi connectivity index (χ1v) is 27.9. The van der Waals surface area contributed by atoms with Crippen LogP contribution < -0.4 is 9.47 Å². The minimum Gasteiger partial charge on any atom is -0.508 e. The Morgan fingerprint density at radius 1 is 0.281 bits per heavy atom. The summed E-state index contributed by atoms with van der Waals surface area (Å²) in [6.07, 6.45) is 14.7. The number of aromatic hydroxyl groups is 8. The molecule has 8 aromatic rings. The van der Waals surface area contributed by atoms with E-state index in [2.05, 4.69) is 0 Å². The molecule has 0 unspecified atom stereocenters. The smallest absolute Gasteiger partial charge is 0.339 e. The van der Waals surface area contributed by atoms with Gasteiger partial charge in [0.25, 0.3) is 0 Å². The largest absolute Gasteiger partial charge is 0.508 e. The first kappa shape index (κ1) is 73.0. The van der Waals surface area contributed by atoms with Gasteiger partial charge in [-0.15, -0.1) is 0 Å². The third-order valence-corrected chi connectivity index (χ3v) is 12.7. The van der Waals surface area contributed by atoms with E-state index in [9.17, 15) is 99.6 Å². The minimum atomic E-state index is -1.41. The number of phenols is 8. The van der Waals surface area contributed by atoms with Crippen LogP contribution in [-0.2, 0) is 38.4 Å². The average Bonchev–Trinajstić information content (AvgIpc) is 0.996. The number of carbonyl (C=O) groups is 8. The first-order chi connectivity index (χ1) is 45.7. The number of methoxy groups -OCH3 is 2. The van der Waals surface area contributed by atoms with Gasteiger partial charge < -0.3 is 70.8 Å². The van der Waals surface area contributed by atoms with Gasteiger partial charge in [0, 0.05) is 11.1 Å². The van der Waals surface area contributed by atoms with Crippen molar-refractivity contribution in [2.45, 2.75) is 0 Å². The number of carboxylic acids is 4. The highest BCUT2D eigenvalue weighted by molar-refractivity contribution is 6.27. The molecule has 0 amide bonds. The lowest BCUT2D eigenvalue weighted by atomic mass is 10.0. The maximum absolute atomic E-state index is 12.3. The molecule has 0 aliphatic heterocycles. The number of para-hydroxylation sites is 2. The van der Waals surface area contributed by atoms with Gasteiger partial charge in [0.2, 0.25) is 0 Å². The Hall–Kier alpha value is -13.8. The van der Waals surface area contributed by atoms with Crippen LogP contribution in [-0.4, -0.2) is 123 Å². The van der Waals surface area contributed by atoms with Gasteiger partial charge in [-0.3, -0.25) is 19.2 Å². The highest BCUT2D eigenvalue weighted by atomic mass is 16.5. The molecule has 0 spiro atoms. The molecule has 22 heteroatoms. The van der Waals surface area contributed by atoms with E-state index in [0.29, 0.717) is 38.9 Å². The maximum Gasteiger partial charge on any atom is 0.339 e. The standard InChI is InChI=1S/C20H18O7.3C18H14O5/c1-26-18-7-4-12(10-16(18)22)3-6-15(21)14(20(24)25)9-13-5-8-19(27-2)17(23)11-13;19-14-6-1-12(2-7-14)5-10-17(21)16(18(22)23)11-13-3-8-15(20)9-4-13;19-14-5-1-3-12(9-14)7-8-17(21)16(18(22)23)11-13-4-2-6-15(20)10-13;19-15-7-3-1-5-12(15)9-10-17(21)14(18(22)23)11-13-6-2-4-8-16(13)20/h3-11,22-23H,1-2H3,(H,24,25);3*1-11,19-20H,(H,22,23). The van der Waals surface area contributed by atoms with Crippen LogP contribution in [0.4, 0.5) is 0 Å². The van der Waals surface area contributed by atoms with Crippen molar-refractivity contribution in [3.8, 4) is 57.5 Å². The van der Waals surface area contributed by atoms with Crippen molar-refractivity contribution in [2.24, 2.45) is 0 Å². The number of rotatable bonds is 22. The lowest BCUT2D eigenvalue weighted by molar-refractivity contribution is -0.135. The number of carboxylic acid groups (broad SMARTS) is 4. The highest BCUT2D eigenvalue weighted by Gasteiger charge is 2.19. The second-order valence-electron chi connectivity index (χ2n) is 19.6. The monoisotopic (exact) mass is 1300 g/mol. The van der Waals surface area contributed by atoms with Crippen LogP contribution in [0.3, 0.4) is 0 Å². The lowest BCUT2D eigenvalue weighted by Gasteiger charge is -2.05. The number of benzene rings is 8. The van der Waals surface area contributed by atoms with Crippen molar-refractivity contribution in [3.63, 3.8) is 0 Å². The Morgan fingerprint density at radius 2 is 0.604 bits per heavy atom. The Balaban J connectivity index is 0.000000232. The molecule has 0 aliphatic rings. The SMILES string of the molecule is COc1ccc(C=CC(=O)C(=Cc2ccc(OC)c(O)c2)C(=O)O)cc1O.O=C(O)C(=Cc1ccc(O)cc1)C(=O)C=Cc1ccc(O)cc1.O=C(O)C(=Cc1cccc(O)c1)C(=O)C=Cc1cccc(O)c1.O=C(O)C(=Cc1ccccc1O)C(=O)C=Cc1ccccc1O. The molecule has 0 radical (unpaired) electrons. The summed E-state index contributed by atoms with van der Waals surface area (Å²) in [6, 6.07) is 45.4. The van der Waals surface area contributed by atoms with E-state index < -0.39 is 63.7 Å². The predicted octanol–water partition coefficient (Wildman–Crippen LogP) is 11.4. The number of ether oxygens (including phenoxy) is 2. The third kappa shape index (κ3) is 23.6. The van der Waals surface area contributed by atoms with E-state index in [1.165, 1.54) is 160 Å². The van der Waals surface area contributed by atoms with Gasteiger partial charge in [-0.05, 0) is 173 Å². The molecular weight excluding hydrogens is 1240 g/mol. The molecule has 12 N–H and O–H groups in total. The van der Waals surface area contributed by atoms with Crippen LogP contribution in [0.25, 0.3) is 48.6 Å². The van der Waals surface area contributed by atoms with Gasteiger partial charge in [-0.1, -0.05) is 115 Å². The molecule has 8 aromatic carbocycles. The quantitative estimate of drug-likeness (QED) is 0.0170. The van der Waals surface area contributed by atoms with Crippen molar-refractivity contribution >= 4 is 95.6 Å². The third-order valence-electron chi connectivity index (χ3n) is 12.7. The summed E-state index contributed by atoms with van der Waals surface area (Å²) >= 11 is 0. The molecule has 8 rings (SSSR count). The Morgan fingerprint density at radius 3 is 1.02 bits per heavy atom. The molecule has 0 bridgehead atoms. The number of ketones is 4. The van der Waals surface area contributed by atoms with Gasteiger partial charge in [-0.25, -0.2) is 19.2 Å². The molecule has 0 heterocycles. The summed E-state index contributed by atoms with van der Waals surface area (Å²) in [6.45, 7) is 0. The fourth-order valence-electron chi connectivity index (χ4n) is 7.89. The summed E-state index contributed by atoms with van der Waals surface area (Å²) in [5.41, 5.74) is 1.80. The van der Waals surface area contributed by atoms with Gasteiger partial charge in [0.05, 0.1) is 14.2 Å². The molecule has 0 saturated heterocycles.